The number of sulfonamides is 1. The molecule has 0 spiro atoms. The molecule has 0 aromatic heterocycles. The van der Waals surface area contributed by atoms with E-state index in [9.17, 15) is 18.3 Å². The molecule has 1 aliphatic carbocycles. The predicted octanol–water partition coefficient (Wildman–Crippen LogP) is 3.39. The maximum atomic E-state index is 13.7. The molecule has 0 bridgehead atoms. The molecule has 1 fully saturated rings. The van der Waals surface area contributed by atoms with Gasteiger partial charge >= 0.3 is 0 Å². The first-order chi connectivity index (χ1) is 17.1. The second kappa shape index (κ2) is 10.8. The number of likely N-dealkylation sites (N-methyl/N-ethyl adjacent to an activating group) is 1. The third-order valence-electron chi connectivity index (χ3n) is 7.35. The molecule has 196 valence electrons. The van der Waals surface area contributed by atoms with Gasteiger partial charge in [0.25, 0.3) is 0 Å². The normalized spacial score (nSPS) is 22.8. The van der Waals surface area contributed by atoms with E-state index in [0.717, 1.165) is 30.4 Å². The Morgan fingerprint density at radius 3 is 2.58 bits per heavy atom. The first-order valence-electron chi connectivity index (χ1n) is 12.5. The summed E-state index contributed by atoms with van der Waals surface area (Å²) in [6.45, 7) is 3.85. The molecule has 1 N–H and O–H groups in total. The van der Waals surface area contributed by atoms with Crippen LogP contribution in [0.15, 0.2) is 47.4 Å². The van der Waals surface area contributed by atoms with Crippen molar-refractivity contribution in [1.82, 2.24) is 9.21 Å². The largest absolute Gasteiger partial charge is 0.497 e. The lowest BCUT2D eigenvalue weighted by Gasteiger charge is -2.38. The van der Waals surface area contributed by atoms with Gasteiger partial charge in [0.2, 0.25) is 15.9 Å². The SMILES string of the molecule is COc1cccc(-c2ccc3c(c2)O[C@H](CN(C)C(=O)C2CCC2)[C@@H](C)CN([C@@H](C)CO)S3(=O)=O)c1. The highest BCUT2D eigenvalue weighted by Gasteiger charge is 2.39. The van der Waals surface area contributed by atoms with E-state index in [1.807, 2.05) is 31.2 Å². The fourth-order valence-electron chi connectivity index (χ4n) is 4.75. The van der Waals surface area contributed by atoms with E-state index in [4.69, 9.17) is 9.47 Å². The molecule has 36 heavy (non-hydrogen) atoms. The Morgan fingerprint density at radius 1 is 1.22 bits per heavy atom. The fraction of sp³-hybridized carbons (Fsp3) is 0.519. The Morgan fingerprint density at radius 2 is 1.94 bits per heavy atom. The van der Waals surface area contributed by atoms with Crippen LogP contribution in [0.2, 0.25) is 0 Å². The number of fused-ring (bicyclic) bond motifs is 1. The van der Waals surface area contributed by atoms with Gasteiger partial charge in [-0.1, -0.05) is 31.5 Å². The van der Waals surface area contributed by atoms with Crippen LogP contribution in [0.25, 0.3) is 11.1 Å². The van der Waals surface area contributed by atoms with Gasteiger partial charge in [0, 0.05) is 31.5 Å². The third-order valence-corrected chi connectivity index (χ3v) is 9.37. The molecule has 0 unspecified atom stereocenters. The molecule has 9 heteroatoms. The van der Waals surface area contributed by atoms with Gasteiger partial charge in [0.1, 0.15) is 22.5 Å². The summed E-state index contributed by atoms with van der Waals surface area (Å²) in [6.07, 6.45) is 2.48. The molecule has 2 aromatic rings. The first kappa shape index (κ1) is 26.4. The quantitative estimate of drug-likeness (QED) is 0.606. The van der Waals surface area contributed by atoms with Crippen LogP contribution >= 0.6 is 0 Å². The summed E-state index contributed by atoms with van der Waals surface area (Å²) in [7, 11) is -0.550. The molecular weight excluding hydrogens is 480 g/mol. The van der Waals surface area contributed by atoms with Crippen LogP contribution in [-0.2, 0) is 14.8 Å². The maximum Gasteiger partial charge on any atom is 0.247 e. The number of carbonyl (C=O) groups excluding carboxylic acids is 1. The van der Waals surface area contributed by atoms with E-state index in [0.29, 0.717) is 12.3 Å². The lowest BCUT2D eigenvalue weighted by molar-refractivity contribution is -0.138. The van der Waals surface area contributed by atoms with Gasteiger partial charge in [-0.3, -0.25) is 4.79 Å². The average molecular weight is 517 g/mol. The minimum Gasteiger partial charge on any atom is -0.497 e. The highest BCUT2D eigenvalue weighted by atomic mass is 32.2. The smallest absolute Gasteiger partial charge is 0.247 e. The van der Waals surface area contributed by atoms with E-state index in [1.165, 1.54) is 4.31 Å². The molecule has 0 radical (unpaired) electrons. The number of hydrogen-bond acceptors (Lipinski definition) is 6. The van der Waals surface area contributed by atoms with Crippen molar-refractivity contribution in [2.24, 2.45) is 11.8 Å². The zero-order valence-electron chi connectivity index (χ0n) is 21.4. The summed E-state index contributed by atoms with van der Waals surface area (Å²) >= 11 is 0. The minimum atomic E-state index is -3.93. The van der Waals surface area contributed by atoms with Crippen molar-refractivity contribution in [2.75, 3.05) is 33.9 Å². The number of carbonyl (C=O) groups is 1. The second-order valence-electron chi connectivity index (χ2n) is 9.98. The molecule has 8 nitrogen and oxygen atoms in total. The number of aliphatic hydroxyl groups excluding tert-OH is 1. The van der Waals surface area contributed by atoms with Crippen molar-refractivity contribution >= 4 is 15.9 Å². The fourth-order valence-corrected chi connectivity index (χ4v) is 6.58. The van der Waals surface area contributed by atoms with Gasteiger partial charge in [-0.25, -0.2) is 8.42 Å². The number of rotatable bonds is 7. The lowest BCUT2D eigenvalue weighted by atomic mass is 9.84. The van der Waals surface area contributed by atoms with Crippen LogP contribution in [0.1, 0.15) is 33.1 Å². The van der Waals surface area contributed by atoms with E-state index < -0.39 is 22.2 Å². The topological polar surface area (TPSA) is 96.4 Å². The number of nitrogens with zero attached hydrogens (tertiary/aromatic N) is 2. The molecule has 1 heterocycles. The first-order valence-corrected chi connectivity index (χ1v) is 13.9. The van der Waals surface area contributed by atoms with Crippen molar-refractivity contribution in [3.05, 3.63) is 42.5 Å². The van der Waals surface area contributed by atoms with Crippen molar-refractivity contribution in [2.45, 2.75) is 50.2 Å². The molecular formula is C27H36N2O6S. The van der Waals surface area contributed by atoms with Crippen LogP contribution < -0.4 is 9.47 Å². The molecule has 1 aliphatic heterocycles. The lowest BCUT2D eigenvalue weighted by Crippen LogP contribution is -2.50. The molecule has 2 aliphatic rings. The van der Waals surface area contributed by atoms with Crippen LogP contribution in [0.4, 0.5) is 0 Å². The Hall–Kier alpha value is -2.62. The number of hydrogen-bond donors (Lipinski definition) is 1. The number of benzene rings is 2. The summed E-state index contributed by atoms with van der Waals surface area (Å²) in [4.78, 5) is 14.6. The Kier molecular flexibility index (Phi) is 7.92. The summed E-state index contributed by atoms with van der Waals surface area (Å²) in [5.41, 5.74) is 1.65. The molecule has 1 saturated carbocycles. The average Bonchev–Trinajstić information content (AvgIpc) is 2.84. The van der Waals surface area contributed by atoms with Crippen LogP contribution in [0, 0.1) is 11.8 Å². The Bertz CT molecular complexity index is 1200. The van der Waals surface area contributed by atoms with Gasteiger partial charge in [0.05, 0.1) is 20.3 Å². The van der Waals surface area contributed by atoms with Gasteiger partial charge < -0.3 is 19.5 Å². The van der Waals surface area contributed by atoms with E-state index >= 15 is 0 Å². The number of amides is 1. The van der Waals surface area contributed by atoms with Gasteiger partial charge in [0.15, 0.2) is 0 Å². The third kappa shape index (κ3) is 5.23. The van der Waals surface area contributed by atoms with Crippen LogP contribution in [-0.4, -0.2) is 74.6 Å². The predicted molar refractivity (Wildman–Crippen MR) is 137 cm³/mol. The molecule has 1 amide bonds. The van der Waals surface area contributed by atoms with E-state index in [-0.39, 0.29) is 41.5 Å². The summed E-state index contributed by atoms with van der Waals surface area (Å²) < 4.78 is 40.5. The number of methoxy groups -OCH3 is 1. The minimum absolute atomic E-state index is 0.0549. The second-order valence-corrected chi connectivity index (χ2v) is 11.8. The van der Waals surface area contributed by atoms with Crippen molar-refractivity contribution in [1.29, 1.82) is 0 Å². The monoisotopic (exact) mass is 516 g/mol. The molecule has 3 atom stereocenters. The van der Waals surface area contributed by atoms with Gasteiger partial charge in [-0.2, -0.15) is 4.31 Å². The summed E-state index contributed by atoms with van der Waals surface area (Å²) in [5.74, 6) is 0.888. The van der Waals surface area contributed by atoms with E-state index in [2.05, 4.69) is 0 Å². The van der Waals surface area contributed by atoms with E-state index in [1.54, 1.807) is 44.2 Å². The highest BCUT2D eigenvalue weighted by Crippen LogP contribution is 2.37. The molecule has 2 aromatic carbocycles. The van der Waals surface area contributed by atoms with Crippen LogP contribution in [0.5, 0.6) is 11.5 Å². The number of aliphatic hydroxyl groups is 1. The standard InChI is InChI=1S/C27H36N2O6S/c1-18-15-29(19(2)17-30)36(32,33)26-12-11-22(21-9-6-10-23(13-21)34-4)14-24(26)35-25(18)16-28(3)27(31)20-7-5-8-20/h6,9-14,18-20,25,30H,5,7-8,15-17H2,1-4H3/t18-,19-,25+/m0/s1. The van der Waals surface area contributed by atoms with Gasteiger partial charge in [-0.15, -0.1) is 0 Å². The van der Waals surface area contributed by atoms with Crippen molar-refractivity contribution in [3.8, 4) is 22.6 Å². The van der Waals surface area contributed by atoms with Crippen molar-refractivity contribution < 1.29 is 27.8 Å². The Balaban J connectivity index is 1.75. The van der Waals surface area contributed by atoms with Gasteiger partial charge in [-0.05, 0) is 55.2 Å². The highest BCUT2D eigenvalue weighted by molar-refractivity contribution is 7.89. The Labute approximate surface area is 213 Å². The molecule has 4 rings (SSSR count). The molecule has 0 saturated heterocycles. The van der Waals surface area contributed by atoms with Crippen molar-refractivity contribution in [3.63, 3.8) is 0 Å². The van der Waals surface area contributed by atoms with Crippen LogP contribution in [0.3, 0.4) is 0 Å². The zero-order chi connectivity index (χ0) is 26.0. The number of ether oxygens (including phenoxy) is 2. The summed E-state index contributed by atoms with van der Waals surface area (Å²) in [6, 6.07) is 12.0. The maximum absolute atomic E-state index is 13.7. The summed E-state index contributed by atoms with van der Waals surface area (Å²) in [5, 5.41) is 9.83. The zero-order valence-corrected chi connectivity index (χ0v) is 22.2.